The second kappa shape index (κ2) is 15.0. The summed E-state index contributed by atoms with van der Waals surface area (Å²) in [7, 11) is 0. The molecular weight excluding hydrogens is 677 g/mol. The van der Waals surface area contributed by atoms with Crippen molar-refractivity contribution >= 4 is 58.3 Å². The number of thiazole rings is 1. The number of dihydropyridines is 1. The van der Waals surface area contributed by atoms with Gasteiger partial charge in [-0.3, -0.25) is 14.5 Å². The Morgan fingerprint density at radius 3 is 2.23 bits per heavy atom. The van der Waals surface area contributed by atoms with Crippen molar-refractivity contribution in [1.29, 1.82) is 0 Å². The molecule has 1 aromatic carbocycles. The number of allylic oxidation sites excluding steroid dienone is 1. The highest BCUT2D eigenvalue weighted by atomic mass is 35.5. The van der Waals surface area contributed by atoms with Gasteiger partial charge in [0.05, 0.1) is 28.5 Å². The topological polar surface area (TPSA) is 143 Å². The van der Waals surface area contributed by atoms with Crippen molar-refractivity contribution in [2.75, 3.05) is 39.3 Å². The second-order valence-electron chi connectivity index (χ2n) is 13.2. The number of piperazine rings is 1. The van der Waals surface area contributed by atoms with Gasteiger partial charge in [-0.15, -0.1) is 11.3 Å². The third kappa shape index (κ3) is 7.72. The minimum Gasteiger partial charge on any atom is -0.478 e. The summed E-state index contributed by atoms with van der Waals surface area (Å²) in [5.41, 5.74) is -0.566. The Labute approximate surface area is 294 Å². The highest BCUT2D eigenvalue weighted by Crippen LogP contribution is 2.46. The van der Waals surface area contributed by atoms with Crippen LogP contribution in [0.5, 0.6) is 0 Å². The van der Waals surface area contributed by atoms with Gasteiger partial charge in [0, 0.05) is 89.2 Å². The van der Waals surface area contributed by atoms with Crippen molar-refractivity contribution in [3.05, 3.63) is 72.9 Å². The minimum atomic E-state index is -1.38. The summed E-state index contributed by atoms with van der Waals surface area (Å²) in [6.45, 7) is 9.72. The van der Waals surface area contributed by atoms with Crippen LogP contribution in [-0.4, -0.2) is 99.0 Å². The van der Waals surface area contributed by atoms with Crippen LogP contribution >= 0.6 is 34.5 Å². The number of amides is 2. The van der Waals surface area contributed by atoms with E-state index < -0.39 is 23.3 Å². The third-order valence-corrected chi connectivity index (χ3v) is 11.3. The van der Waals surface area contributed by atoms with Gasteiger partial charge >= 0.3 is 11.9 Å². The van der Waals surface area contributed by atoms with E-state index in [-0.39, 0.29) is 68.8 Å². The van der Waals surface area contributed by atoms with E-state index >= 15 is 0 Å². The van der Waals surface area contributed by atoms with Crippen LogP contribution in [0.25, 0.3) is 0 Å². The molecule has 0 spiro atoms. The van der Waals surface area contributed by atoms with Crippen molar-refractivity contribution in [2.45, 2.75) is 70.3 Å². The molecular formula is C34H41Cl2N5O6S. The van der Waals surface area contributed by atoms with Crippen LogP contribution in [0, 0.1) is 0 Å². The fraction of sp³-hybridized carbons (Fsp3) is 0.500. The van der Waals surface area contributed by atoms with E-state index in [0.717, 1.165) is 30.9 Å². The molecule has 3 aliphatic rings. The molecule has 0 saturated carbocycles. The number of nitrogens with one attached hydrogen (secondary N) is 1. The Balaban J connectivity index is 1.39. The van der Waals surface area contributed by atoms with Crippen molar-refractivity contribution in [3.8, 4) is 0 Å². The van der Waals surface area contributed by atoms with Crippen LogP contribution in [0.15, 0.2) is 52.3 Å². The Morgan fingerprint density at radius 1 is 1.02 bits per heavy atom. The summed E-state index contributed by atoms with van der Waals surface area (Å²) in [6, 6.07) is 4.96. The zero-order valence-electron chi connectivity index (χ0n) is 27.3. The molecule has 0 radical (unpaired) electrons. The Morgan fingerprint density at radius 2 is 1.67 bits per heavy atom. The minimum absolute atomic E-state index is 0.107. The summed E-state index contributed by atoms with van der Waals surface area (Å²) < 4.78 is 0. The predicted molar refractivity (Wildman–Crippen MR) is 184 cm³/mol. The van der Waals surface area contributed by atoms with Gasteiger partial charge in [0.15, 0.2) is 0 Å². The lowest BCUT2D eigenvalue weighted by molar-refractivity contribution is -0.133. The molecule has 11 nitrogen and oxygen atoms in total. The van der Waals surface area contributed by atoms with E-state index in [1.165, 1.54) is 23.5 Å². The first kappa shape index (κ1) is 35.8. The quantitative estimate of drug-likeness (QED) is 0.273. The molecule has 2 saturated heterocycles. The molecule has 3 aliphatic heterocycles. The number of carboxylic acid groups (broad SMARTS) is 2. The van der Waals surface area contributed by atoms with Crippen LogP contribution in [0.1, 0.15) is 69.4 Å². The number of aromatic nitrogens is 1. The first-order chi connectivity index (χ1) is 22.8. The Kier molecular flexibility index (Phi) is 11.2. The molecule has 2 amide bonds. The number of nitrogens with zero attached hydrogens (tertiary/aromatic N) is 4. The van der Waals surface area contributed by atoms with Gasteiger partial charge in [-0.05, 0) is 44.9 Å². The molecule has 4 heterocycles. The summed E-state index contributed by atoms with van der Waals surface area (Å²) >= 11 is 14.6. The van der Waals surface area contributed by atoms with Crippen LogP contribution in [-0.2, 0) is 24.6 Å². The molecule has 1 aromatic heterocycles. The molecule has 5 rings (SSSR count). The number of benzene rings is 1. The molecule has 0 aliphatic carbocycles. The highest BCUT2D eigenvalue weighted by Gasteiger charge is 2.43. The van der Waals surface area contributed by atoms with E-state index in [0.29, 0.717) is 32.6 Å². The number of hydrogen-bond donors (Lipinski definition) is 3. The first-order valence-corrected chi connectivity index (χ1v) is 17.7. The predicted octanol–water partition coefficient (Wildman–Crippen LogP) is 5.12. The van der Waals surface area contributed by atoms with E-state index in [1.54, 1.807) is 17.2 Å². The second-order valence-corrected chi connectivity index (χ2v) is 14.9. The smallest absolute Gasteiger partial charge is 0.334 e. The van der Waals surface area contributed by atoms with Crippen molar-refractivity contribution in [2.24, 2.45) is 0 Å². The summed E-state index contributed by atoms with van der Waals surface area (Å²) in [5, 5.41) is 27.1. The lowest BCUT2D eigenvalue weighted by Gasteiger charge is -2.37. The van der Waals surface area contributed by atoms with Crippen molar-refractivity contribution in [3.63, 3.8) is 0 Å². The summed E-state index contributed by atoms with van der Waals surface area (Å²) in [6.07, 6.45) is 3.94. The molecule has 3 N–H and O–H groups in total. The maximum atomic E-state index is 13.8. The lowest BCUT2D eigenvalue weighted by atomic mass is 9.76. The largest absolute Gasteiger partial charge is 0.478 e. The van der Waals surface area contributed by atoms with Gasteiger partial charge in [-0.25, -0.2) is 14.6 Å². The van der Waals surface area contributed by atoms with Gasteiger partial charge < -0.3 is 25.3 Å². The molecule has 0 bridgehead atoms. The normalized spacial score (nSPS) is 20.8. The average Bonchev–Trinajstić information content (AvgIpc) is 3.68. The molecule has 48 heavy (non-hydrogen) atoms. The van der Waals surface area contributed by atoms with Crippen molar-refractivity contribution < 1.29 is 29.4 Å². The van der Waals surface area contributed by atoms with Gasteiger partial charge in [0.2, 0.25) is 11.8 Å². The van der Waals surface area contributed by atoms with Gasteiger partial charge in [-0.2, -0.15) is 0 Å². The number of carbonyl (C=O) groups excluding carboxylic acids is 2. The van der Waals surface area contributed by atoms with Crippen LogP contribution in [0.3, 0.4) is 0 Å². The van der Waals surface area contributed by atoms with E-state index in [1.807, 2.05) is 24.1 Å². The van der Waals surface area contributed by atoms with Gasteiger partial charge in [0.25, 0.3) is 0 Å². The summed E-state index contributed by atoms with van der Waals surface area (Å²) in [5.74, 6) is -4.09. The zero-order valence-corrected chi connectivity index (χ0v) is 29.6. The van der Waals surface area contributed by atoms with Gasteiger partial charge in [0.1, 0.15) is 0 Å². The van der Waals surface area contributed by atoms with Gasteiger partial charge in [-0.1, -0.05) is 43.1 Å². The monoisotopic (exact) mass is 717 g/mol. The SMILES string of the molecule is CC1CCC(=O)N1CCCN1CCN(C(=O)CC2=C(C(=O)O)C(c3c(Cl)cccc3Cl)C(C(=O)O)=C(CC(C)(C)c3nccs3)N2)CC1. The highest BCUT2D eigenvalue weighted by molar-refractivity contribution is 7.09. The zero-order chi connectivity index (χ0) is 34.7. The maximum Gasteiger partial charge on any atom is 0.334 e. The molecule has 2 atom stereocenters. The van der Waals surface area contributed by atoms with Crippen molar-refractivity contribution in [1.82, 2.24) is 25.0 Å². The third-order valence-electron chi connectivity index (χ3n) is 9.46. The van der Waals surface area contributed by atoms with E-state index in [9.17, 15) is 29.4 Å². The Hall–Kier alpha value is -3.45. The van der Waals surface area contributed by atoms with E-state index in [2.05, 4.69) is 22.1 Å². The average molecular weight is 719 g/mol. The van der Waals surface area contributed by atoms with E-state index in [4.69, 9.17) is 23.2 Å². The fourth-order valence-electron chi connectivity index (χ4n) is 6.92. The number of aliphatic carboxylic acids is 2. The first-order valence-electron chi connectivity index (χ1n) is 16.1. The fourth-order valence-corrected chi connectivity index (χ4v) is 8.29. The number of rotatable bonds is 12. The molecule has 258 valence electrons. The Bertz CT molecular complexity index is 1610. The van der Waals surface area contributed by atoms with Crippen LogP contribution < -0.4 is 5.32 Å². The maximum absolute atomic E-state index is 13.8. The molecule has 2 aromatic rings. The molecule has 2 fully saturated rings. The van der Waals surface area contributed by atoms with Crippen LogP contribution in [0.4, 0.5) is 0 Å². The number of likely N-dealkylation sites (tertiary alicyclic amines) is 1. The molecule has 14 heteroatoms. The lowest BCUT2D eigenvalue weighted by Crippen LogP contribution is -2.49. The number of carbonyl (C=O) groups is 4. The van der Waals surface area contributed by atoms with Crippen LogP contribution in [0.2, 0.25) is 10.0 Å². The number of carboxylic acids is 2. The molecule has 2 unspecified atom stereocenters. The number of hydrogen-bond acceptors (Lipinski definition) is 8. The standard InChI is InChI=1S/C34H41Cl2N5O6S/c1-20-8-9-25(42)41(20)12-5-11-39-13-15-40(16-14-39)26(43)18-23-28(31(44)45)30(27-21(35)6-4-7-22(27)36)29(32(46)47)24(38-23)19-34(2,3)33-37-10-17-48-33/h4,6-7,10,17,20,30,38H,5,8-9,11-16,18-19H2,1-3H3,(H,44,45)(H,46,47). The summed E-state index contributed by atoms with van der Waals surface area (Å²) in [4.78, 5) is 62.2. The number of halogens is 2.